The Hall–Kier alpha value is -1.16. The van der Waals surface area contributed by atoms with Gasteiger partial charge in [0.1, 0.15) is 10.8 Å². The molecule has 0 aromatic carbocycles. The van der Waals surface area contributed by atoms with Crippen LogP contribution in [0, 0.1) is 0 Å². The fraction of sp³-hybridized carbons (Fsp3) is 0.538. The van der Waals surface area contributed by atoms with Crippen LogP contribution in [0.1, 0.15) is 44.0 Å². The van der Waals surface area contributed by atoms with Crippen LogP contribution in [-0.2, 0) is 12.8 Å². The summed E-state index contributed by atoms with van der Waals surface area (Å²) in [5.41, 5.74) is 9.10. The third kappa shape index (κ3) is 2.75. The monoisotopic (exact) mass is 249 g/mol. The van der Waals surface area contributed by atoms with Crippen LogP contribution in [0.15, 0.2) is 6.07 Å². The number of anilines is 1. The molecule has 3 N–H and O–H groups in total. The fourth-order valence-corrected chi connectivity index (χ4v) is 2.27. The lowest BCUT2D eigenvalue weighted by molar-refractivity contribution is 0.629. The molecule has 1 aliphatic carbocycles. The second kappa shape index (κ2) is 4.26. The summed E-state index contributed by atoms with van der Waals surface area (Å²) in [7, 11) is 0. The standard InChI is InChI=1S/C13H19N3S/c1-13(2,3)16-12-9(11(14)17)7-8-5-4-6-10(8)15-12/h7H,4-6H2,1-3H3,(H2,14,17)(H,15,16). The number of nitrogens with zero attached hydrogens (tertiary/aromatic N) is 1. The average Bonchev–Trinajstić information content (AvgIpc) is 2.60. The Labute approximate surface area is 108 Å². The van der Waals surface area contributed by atoms with Crippen LogP contribution in [-0.4, -0.2) is 15.5 Å². The quantitative estimate of drug-likeness (QED) is 0.790. The molecule has 2 rings (SSSR count). The van der Waals surface area contributed by atoms with E-state index in [9.17, 15) is 0 Å². The lowest BCUT2D eigenvalue weighted by Crippen LogP contribution is -2.29. The third-order valence-corrected chi connectivity index (χ3v) is 3.03. The van der Waals surface area contributed by atoms with Crippen molar-refractivity contribution < 1.29 is 0 Å². The first-order valence-electron chi connectivity index (χ1n) is 5.97. The van der Waals surface area contributed by atoms with Crippen molar-refractivity contribution in [1.29, 1.82) is 0 Å². The molecule has 1 aromatic rings. The lowest BCUT2D eigenvalue weighted by atomic mass is 10.1. The predicted octanol–water partition coefficient (Wildman–Crippen LogP) is 2.41. The Morgan fingerprint density at radius 3 is 2.71 bits per heavy atom. The minimum Gasteiger partial charge on any atom is -0.389 e. The van der Waals surface area contributed by atoms with Gasteiger partial charge >= 0.3 is 0 Å². The van der Waals surface area contributed by atoms with Crippen molar-refractivity contribution in [2.75, 3.05) is 5.32 Å². The molecule has 1 heterocycles. The first-order valence-corrected chi connectivity index (χ1v) is 6.38. The molecule has 3 nitrogen and oxygen atoms in total. The van der Waals surface area contributed by atoms with E-state index in [1.807, 2.05) is 0 Å². The van der Waals surface area contributed by atoms with Gasteiger partial charge < -0.3 is 11.1 Å². The highest BCUT2D eigenvalue weighted by atomic mass is 32.1. The molecule has 1 aromatic heterocycles. The summed E-state index contributed by atoms with van der Waals surface area (Å²) in [4.78, 5) is 5.10. The number of thiocarbonyl (C=S) groups is 1. The molecule has 92 valence electrons. The summed E-state index contributed by atoms with van der Waals surface area (Å²) < 4.78 is 0. The van der Waals surface area contributed by atoms with Crippen molar-refractivity contribution >= 4 is 23.0 Å². The number of fused-ring (bicyclic) bond motifs is 1. The highest BCUT2D eigenvalue weighted by molar-refractivity contribution is 7.80. The van der Waals surface area contributed by atoms with E-state index in [1.165, 1.54) is 17.7 Å². The van der Waals surface area contributed by atoms with Crippen LogP contribution >= 0.6 is 12.2 Å². The second-order valence-corrected chi connectivity index (χ2v) is 6.02. The molecule has 0 saturated carbocycles. The Bertz CT molecular complexity index is 460. The molecule has 4 heteroatoms. The number of hydrogen-bond donors (Lipinski definition) is 2. The molecule has 0 radical (unpaired) electrons. The van der Waals surface area contributed by atoms with E-state index in [0.717, 1.165) is 24.2 Å². The molecule has 0 saturated heterocycles. The smallest absolute Gasteiger partial charge is 0.136 e. The van der Waals surface area contributed by atoms with Gasteiger partial charge in [-0.15, -0.1) is 0 Å². The number of pyridine rings is 1. The number of nitrogens with one attached hydrogen (secondary N) is 1. The van der Waals surface area contributed by atoms with E-state index in [2.05, 4.69) is 37.1 Å². The highest BCUT2D eigenvalue weighted by Gasteiger charge is 2.20. The molecule has 0 atom stereocenters. The van der Waals surface area contributed by atoms with E-state index in [-0.39, 0.29) is 5.54 Å². The maximum atomic E-state index is 5.78. The summed E-state index contributed by atoms with van der Waals surface area (Å²) in [6.45, 7) is 6.31. The summed E-state index contributed by atoms with van der Waals surface area (Å²) >= 11 is 5.11. The van der Waals surface area contributed by atoms with Crippen LogP contribution in [0.3, 0.4) is 0 Å². The number of aryl methyl sites for hydroxylation is 2. The number of nitrogens with two attached hydrogens (primary N) is 1. The summed E-state index contributed by atoms with van der Waals surface area (Å²) in [5, 5.41) is 3.38. The van der Waals surface area contributed by atoms with Gasteiger partial charge in [-0.3, -0.25) is 0 Å². The van der Waals surface area contributed by atoms with E-state index in [1.54, 1.807) is 0 Å². The fourth-order valence-electron chi connectivity index (χ4n) is 2.11. The van der Waals surface area contributed by atoms with Crippen LogP contribution < -0.4 is 11.1 Å². The van der Waals surface area contributed by atoms with Crippen molar-refractivity contribution in [3.8, 4) is 0 Å². The lowest BCUT2D eigenvalue weighted by Gasteiger charge is -2.23. The maximum Gasteiger partial charge on any atom is 0.136 e. The van der Waals surface area contributed by atoms with Crippen molar-refractivity contribution in [3.63, 3.8) is 0 Å². The van der Waals surface area contributed by atoms with Crippen molar-refractivity contribution in [2.24, 2.45) is 5.73 Å². The van der Waals surface area contributed by atoms with Crippen molar-refractivity contribution in [1.82, 2.24) is 4.98 Å². The van der Waals surface area contributed by atoms with Crippen molar-refractivity contribution in [3.05, 3.63) is 22.9 Å². The Morgan fingerprint density at radius 1 is 1.41 bits per heavy atom. The molecule has 0 unspecified atom stereocenters. The second-order valence-electron chi connectivity index (χ2n) is 5.58. The molecular weight excluding hydrogens is 230 g/mol. The van der Waals surface area contributed by atoms with Gasteiger partial charge in [0.25, 0.3) is 0 Å². The largest absolute Gasteiger partial charge is 0.389 e. The molecule has 17 heavy (non-hydrogen) atoms. The van der Waals surface area contributed by atoms with E-state index < -0.39 is 0 Å². The Balaban J connectivity index is 2.45. The summed E-state index contributed by atoms with van der Waals surface area (Å²) in [5.74, 6) is 0.825. The maximum absolute atomic E-state index is 5.78. The van der Waals surface area contributed by atoms with Crippen LogP contribution in [0.4, 0.5) is 5.82 Å². The van der Waals surface area contributed by atoms with Gasteiger partial charge in [-0.25, -0.2) is 4.98 Å². The normalized spacial score (nSPS) is 14.5. The SMILES string of the molecule is CC(C)(C)Nc1nc2c(cc1C(N)=S)CCC2. The van der Waals surface area contributed by atoms with E-state index >= 15 is 0 Å². The van der Waals surface area contributed by atoms with Crippen molar-refractivity contribution in [2.45, 2.75) is 45.6 Å². The van der Waals surface area contributed by atoms with Crippen LogP contribution in [0.25, 0.3) is 0 Å². The summed E-state index contributed by atoms with van der Waals surface area (Å²) in [6, 6.07) is 2.10. The molecule has 0 spiro atoms. The van der Waals surface area contributed by atoms with Gasteiger partial charge in [0.2, 0.25) is 0 Å². The minimum atomic E-state index is -0.0423. The predicted molar refractivity (Wildman–Crippen MR) is 75.5 cm³/mol. The van der Waals surface area contributed by atoms with E-state index in [4.69, 9.17) is 18.0 Å². The zero-order chi connectivity index (χ0) is 12.6. The van der Waals surface area contributed by atoms with E-state index in [0.29, 0.717) is 4.99 Å². The zero-order valence-electron chi connectivity index (χ0n) is 10.6. The highest BCUT2D eigenvalue weighted by Crippen LogP contribution is 2.26. The van der Waals surface area contributed by atoms with Gasteiger partial charge in [0, 0.05) is 11.2 Å². The third-order valence-electron chi connectivity index (χ3n) is 2.81. The van der Waals surface area contributed by atoms with Gasteiger partial charge in [-0.05, 0) is 51.7 Å². The number of hydrogen-bond acceptors (Lipinski definition) is 3. The van der Waals surface area contributed by atoms with Crippen LogP contribution in [0.2, 0.25) is 0 Å². The van der Waals surface area contributed by atoms with Gasteiger partial charge in [0.15, 0.2) is 0 Å². The van der Waals surface area contributed by atoms with Gasteiger partial charge in [-0.1, -0.05) is 12.2 Å². The van der Waals surface area contributed by atoms with Crippen LogP contribution in [0.5, 0.6) is 0 Å². The Morgan fingerprint density at radius 2 is 2.12 bits per heavy atom. The first-order chi connectivity index (χ1) is 7.87. The Kier molecular flexibility index (Phi) is 3.08. The first kappa shape index (κ1) is 12.3. The molecule has 0 amide bonds. The molecule has 0 bridgehead atoms. The summed E-state index contributed by atoms with van der Waals surface area (Å²) in [6.07, 6.45) is 3.33. The average molecular weight is 249 g/mol. The number of aromatic nitrogens is 1. The minimum absolute atomic E-state index is 0.0423. The molecular formula is C13H19N3S. The van der Waals surface area contributed by atoms with Gasteiger partial charge in [0.05, 0.1) is 5.56 Å². The topological polar surface area (TPSA) is 50.9 Å². The van der Waals surface area contributed by atoms with Gasteiger partial charge in [-0.2, -0.15) is 0 Å². The molecule has 0 aliphatic heterocycles. The molecule has 0 fully saturated rings. The molecule has 1 aliphatic rings. The number of rotatable bonds is 2. The zero-order valence-corrected chi connectivity index (χ0v) is 11.4.